The van der Waals surface area contributed by atoms with Crippen molar-refractivity contribution in [2.24, 2.45) is 0 Å². The lowest BCUT2D eigenvalue weighted by atomic mass is 10.0. The number of fused-ring (bicyclic) bond motifs is 1. The molecule has 2 aromatic carbocycles. The molecule has 0 saturated heterocycles. The van der Waals surface area contributed by atoms with Gasteiger partial charge in [-0.3, -0.25) is 4.79 Å². The average Bonchev–Trinajstić information content (AvgIpc) is 2.45. The van der Waals surface area contributed by atoms with Crippen LogP contribution in [0, 0.1) is 5.82 Å². The highest BCUT2D eigenvalue weighted by Gasteiger charge is 2.15. The number of halogens is 2. The molecule has 0 bridgehead atoms. The fourth-order valence-electron chi connectivity index (χ4n) is 1.97. The van der Waals surface area contributed by atoms with E-state index in [-0.39, 0.29) is 17.8 Å². The summed E-state index contributed by atoms with van der Waals surface area (Å²) >= 11 is 5.77. The van der Waals surface area contributed by atoms with Crippen molar-refractivity contribution in [1.29, 1.82) is 0 Å². The molecule has 0 aromatic heterocycles. The molecule has 1 unspecified atom stereocenters. The van der Waals surface area contributed by atoms with Gasteiger partial charge in [-0.2, -0.15) is 0 Å². The van der Waals surface area contributed by atoms with E-state index in [1.165, 1.54) is 12.1 Å². The molecule has 2 aromatic rings. The van der Waals surface area contributed by atoms with Crippen molar-refractivity contribution in [1.82, 2.24) is 5.32 Å². The summed E-state index contributed by atoms with van der Waals surface area (Å²) < 4.78 is 13.7. The number of hydrogen-bond donors (Lipinski definition) is 1. The molecular weight excluding hydrogens is 265 g/mol. The van der Waals surface area contributed by atoms with Crippen LogP contribution in [0.25, 0.3) is 10.8 Å². The molecule has 0 spiro atoms. The molecule has 4 heteroatoms. The summed E-state index contributed by atoms with van der Waals surface area (Å²) in [7, 11) is 0. The van der Waals surface area contributed by atoms with Gasteiger partial charge in [0.25, 0.3) is 5.91 Å². The molecular formula is C15H15ClFNO. The molecule has 100 valence electrons. The summed E-state index contributed by atoms with van der Waals surface area (Å²) in [5.74, 6) is -0.179. The zero-order chi connectivity index (χ0) is 13.8. The van der Waals surface area contributed by atoms with Crippen LogP contribution in [-0.4, -0.2) is 17.8 Å². The number of rotatable bonds is 4. The van der Waals surface area contributed by atoms with E-state index in [0.29, 0.717) is 22.2 Å². The lowest BCUT2D eigenvalue weighted by Gasteiger charge is -2.15. The SMILES string of the molecule is CCC(CCl)NC(=O)c1ccc(F)c2ccccc12. The molecule has 0 aliphatic heterocycles. The molecule has 0 aliphatic carbocycles. The van der Waals surface area contributed by atoms with Crippen LogP contribution in [0.1, 0.15) is 23.7 Å². The molecule has 0 radical (unpaired) electrons. The quantitative estimate of drug-likeness (QED) is 0.849. The maximum Gasteiger partial charge on any atom is 0.252 e. The van der Waals surface area contributed by atoms with E-state index in [1.54, 1.807) is 24.3 Å². The monoisotopic (exact) mass is 279 g/mol. The summed E-state index contributed by atoms with van der Waals surface area (Å²) in [5, 5.41) is 3.92. The van der Waals surface area contributed by atoms with Gasteiger partial charge >= 0.3 is 0 Å². The number of amides is 1. The zero-order valence-electron chi connectivity index (χ0n) is 10.6. The molecule has 1 atom stereocenters. The average molecular weight is 280 g/mol. The normalized spacial score (nSPS) is 12.4. The van der Waals surface area contributed by atoms with E-state index in [9.17, 15) is 9.18 Å². The van der Waals surface area contributed by atoms with Gasteiger partial charge in [0.05, 0.1) is 0 Å². The number of hydrogen-bond acceptors (Lipinski definition) is 1. The lowest BCUT2D eigenvalue weighted by molar-refractivity contribution is 0.0941. The van der Waals surface area contributed by atoms with Gasteiger partial charge in [-0.1, -0.05) is 31.2 Å². The molecule has 1 amide bonds. The summed E-state index contributed by atoms with van der Waals surface area (Å²) in [5.41, 5.74) is 0.473. The molecule has 0 heterocycles. The zero-order valence-corrected chi connectivity index (χ0v) is 11.4. The fourth-order valence-corrected chi connectivity index (χ4v) is 2.27. The van der Waals surface area contributed by atoms with Gasteiger partial charge < -0.3 is 5.32 Å². The molecule has 0 aliphatic rings. The highest BCUT2D eigenvalue weighted by atomic mass is 35.5. The standard InChI is InChI=1S/C15H15ClFNO/c1-2-10(9-16)18-15(19)13-7-8-14(17)12-6-4-3-5-11(12)13/h3-8,10H,2,9H2,1H3,(H,18,19). The van der Waals surface area contributed by atoms with Gasteiger partial charge in [-0.15, -0.1) is 11.6 Å². The Morgan fingerprint density at radius 2 is 1.95 bits per heavy atom. The summed E-state index contributed by atoms with van der Waals surface area (Å²) in [6.07, 6.45) is 0.758. The van der Waals surface area contributed by atoms with Crippen LogP contribution in [0.3, 0.4) is 0 Å². The Labute approximate surface area is 116 Å². The van der Waals surface area contributed by atoms with Crippen LogP contribution < -0.4 is 5.32 Å². The smallest absolute Gasteiger partial charge is 0.252 e. The van der Waals surface area contributed by atoms with Crippen LogP contribution in [0.5, 0.6) is 0 Å². The van der Waals surface area contributed by atoms with Crippen molar-refractivity contribution in [3.63, 3.8) is 0 Å². The number of nitrogens with one attached hydrogen (secondary N) is 1. The second kappa shape index (κ2) is 6.02. The van der Waals surface area contributed by atoms with Crippen LogP contribution in [-0.2, 0) is 0 Å². The number of carbonyl (C=O) groups is 1. The van der Waals surface area contributed by atoms with Crippen molar-refractivity contribution in [2.45, 2.75) is 19.4 Å². The Morgan fingerprint density at radius 1 is 1.26 bits per heavy atom. The van der Waals surface area contributed by atoms with E-state index in [4.69, 9.17) is 11.6 Å². The third-order valence-corrected chi connectivity index (χ3v) is 3.50. The Hall–Kier alpha value is -1.61. The Bertz CT molecular complexity index is 596. The highest BCUT2D eigenvalue weighted by molar-refractivity contribution is 6.18. The first kappa shape index (κ1) is 13.8. The van der Waals surface area contributed by atoms with Gasteiger partial charge in [-0.25, -0.2) is 4.39 Å². The Kier molecular flexibility index (Phi) is 4.38. The lowest BCUT2D eigenvalue weighted by Crippen LogP contribution is -2.35. The van der Waals surface area contributed by atoms with Crippen LogP contribution in [0.4, 0.5) is 4.39 Å². The van der Waals surface area contributed by atoms with Crippen molar-refractivity contribution >= 4 is 28.3 Å². The third kappa shape index (κ3) is 2.87. The summed E-state index contributed by atoms with van der Waals surface area (Å²) in [6.45, 7) is 1.95. The maximum absolute atomic E-state index is 13.7. The van der Waals surface area contributed by atoms with Crippen molar-refractivity contribution in [2.75, 3.05) is 5.88 Å². The molecule has 0 fully saturated rings. The van der Waals surface area contributed by atoms with Crippen LogP contribution in [0.15, 0.2) is 36.4 Å². The first-order valence-corrected chi connectivity index (χ1v) is 6.75. The molecule has 1 N–H and O–H groups in total. The third-order valence-electron chi connectivity index (χ3n) is 3.13. The summed E-state index contributed by atoms with van der Waals surface area (Å²) in [4.78, 5) is 12.2. The van der Waals surface area contributed by atoms with Gasteiger partial charge in [-0.05, 0) is 23.9 Å². The predicted molar refractivity (Wildman–Crippen MR) is 76.2 cm³/mol. The van der Waals surface area contributed by atoms with Crippen LogP contribution in [0.2, 0.25) is 0 Å². The molecule has 2 nitrogen and oxygen atoms in total. The summed E-state index contributed by atoms with van der Waals surface area (Å²) in [6, 6.07) is 9.71. The number of alkyl halides is 1. The van der Waals surface area contributed by atoms with Crippen molar-refractivity contribution < 1.29 is 9.18 Å². The first-order valence-electron chi connectivity index (χ1n) is 6.21. The van der Waals surface area contributed by atoms with E-state index >= 15 is 0 Å². The fraction of sp³-hybridized carbons (Fsp3) is 0.267. The predicted octanol–water partition coefficient (Wildman–Crippen LogP) is 3.73. The van der Waals surface area contributed by atoms with Crippen molar-refractivity contribution in [3.05, 3.63) is 47.8 Å². The van der Waals surface area contributed by atoms with E-state index in [2.05, 4.69) is 5.32 Å². The number of carbonyl (C=O) groups excluding carboxylic acids is 1. The van der Waals surface area contributed by atoms with Gasteiger partial charge in [0.1, 0.15) is 5.82 Å². The Balaban J connectivity index is 2.40. The molecule has 0 saturated carbocycles. The second-order valence-corrected chi connectivity index (χ2v) is 4.68. The minimum Gasteiger partial charge on any atom is -0.348 e. The second-order valence-electron chi connectivity index (χ2n) is 4.37. The topological polar surface area (TPSA) is 29.1 Å². The van der Waals surface area contributed by atoms with Gasteiger partial charge in [0.2, 0.25) is 0 Å². The minimum absolute atomic E-state index is 0.0713. The molecule has 2 rings (SSSR count). The van der Waals surface area contributed by atoms with Crippen molar-refractivity contribution in [3.8, 4) is 0 Å². The number of benzene rings is 2. The van der Waals surface area contributed by atoms with Gasteiger partial charge in [0, 0.05) is 22.9 Å². The van der Waals surface area contributed by atoms with Gasteiger partial charge in [0.15, 0.2) is 0 Å². The first-order chi connectivity index (χ1) is 9.17. The molecule has 19 heavy (non-hydrogen) atoms. The minimum atomic E-state index is -0.323. The van der Waals surface area contributed by atoms with Crippen LogP contribution >= 0.6 is 11.6 Å². The van der Waals surface area contributed by atoms with E-state index in [0.717, 1.165) is 6.42 Å². The Morgan fingerprint density at radius 3 is 2.58 bits per heavy atom. The van der Waals surface area contributed by atoms with E-state index < -0.39 is 0 Å². The largest absolute Gasteiger partial charge is 0.348 e. The maximum atomic E-state index is 13.7. The van der Waals surface area contributed by atoms with E-state index in [1.807, 2.05) is 6.92 Å². The highest BCUT2D eigenvalue weighted by Crippen LogP contribution is 2.21.